The molecule has 1 amide bonds. The van der Waals surface area contributed by atoms with E-state index in [9.17, 15) is 4.79 Å². The maximum Gasteiger partial charge on any atom is 0.258 e. The van der Waals surface area contributed by atoms with Gasteiger partial charge in [-0.3, -0.25) is 4.79 Å². The van der Waals surface area contributed by atoms with Crippen molar-refractivity contribution in [3.63, 3.8) is 0 Å². The first kappa shape index (κ1) is 15.2. The zero-order valence-electron chi connectivity index (χ0n) is 11.8. The molecule has 114 valence electrons. The van der Waals surface area contributed by atoms with Crippen molar-refractivity contribution < 1.29 is 9.53 Å². The summed E-state index contributed by atoms with van der Waals surface area (Å²) in [7, 11) is 0. The molecule has 0 spiro atoms. The lowest BCUT2D eigenvalue weighted by atomic mass is 10.1. The van der Waals surface area contributed by atoms with Crippen LogP contribution in [0.4, 0.5) is 0 Å². The predicted molar refractivity (Wildman–Crippen MR) is 87.6 cm³/mol. The number of nitrogens with one attached hydrogen (secondary N) is 1. The summed E-state index contributed by atoms with van der Waals surface area (Å²) in [5.41, 5.74) is 2.49. The van der Waals surface area contributed by atoms with E-state index in [1.54, 1.807) is 18.2 Å². The fourth-order valence-corrected chi connectivity index (χ4v) is 3.01. The predicted octanol–water partition coefficient (Wildman–Crippen LogP) is 4.18. The number of rotatable bonds is 4. The molecule has 3 rings (SSSR count). The summed E-state index contributed by atoms with van der Waals surface area (Å²) >= 11 is 11.9. The Hall–Kier alpha value is -1.71. The molecule has 0 radical (unpaired) electrons. The van der Waals surface area contributed by atoms with E-state index in [0.29, 0.717) is 15.8 Å². The van der Waals surface area contributed by atoms with Crippen LogP contribution in [0.2, 0.25) is 10.0 Å². The minimum Gasteiger partial charge on any atom is -0.482 e. The van der Waals surface area contributed by atoms with Gasteiger partial charge in [-0.15, -0.1) is 0 Å². The number of fused-ring (bicyclic) bond motifs is 1. The Labute approximate surface area is 139 Å². The minimum atomic E-state index is -0.169. The topological polar surface area (TPSA) is 38.3 Å². The summed E-state index contributed by atoms with van der Waals surface area (Å²) < 4.78 is 5.45. The quantitative estimate of drug-likeness (QED) is 0.910. The highest BCUT2D eigenvalue weighted by atomic mass is 35.5. The summed E-state index contributed by atoms with van der Waals surface area (Å²) in [5, 5.41) is 3.95. The van der Waals surface area contributed by atoms with Crippen molar-refractivity contribution in [1.82, 2.24) is 5.32 Å². The highest BCUT2D eigenvalue weighted by molar-refractivity contribution is 6.34. The lowest BCUT2D eigenvalue weighted by Gasteiger charge is -2.15. The monoisotopic (exact) mass is 335 g/mol. The van der Waals surface area contributed by atoms with Gasteiger partial charge in [-0.2, -0.15) is 0 Å². The van der Waals surface area contributed by atoms with E-state index >= 15 is 0 Å². The molecule has 22 heavy (non-hydrogen) atoms. The fraction of sp³-hybridized carbons (Fsp3) is 0.235. The number of carbonyl (C=O) groups excluding carboxylic acids is 1. The Morgan fingerprint density at radius 1 is 1.23 bits per heavy atom. The van der Waals surface area contributed by atoms with Gasteiger partial charge in [0.05, 0.1) is 11.1 Å². The Morgan fingerprint density at radius 2 is 2.05 bits per heavy atom. The third kappa shape index (κ3) is 3.37. The van der Waals surface area contributed by atoms with Crippen molar-refractivity contribution in [3.8, 4) is 5.75 Å². The standard InChI is InChI=1S/C17H15Cl2NO2/c18-12-6-7-14(19)16(9-12)22-10-17(21)20-15-8-5-11-3-1-2-4-13(11)15/h1-4,6-7,9,15H,5,8,10H2,(H,20,21)/t15-/m0/s1. The van der Waals surface area contributed by atoms with Crippen LogP contribution < -0.4 is 10.1 Å². The molecular weight excluding hydrogens is 321 g/mol. The van der Waals surface area contributed by atoms with Gasteiger partial charge in [0, 0.05) is 11.1 Å². The molecule has 0 saturated heterocycles. The molecule has 0 saturated carbocycles. The van der Waals surface area contributed by atoms with E-state index in [4.69, 9.17) is 27.9 Å². The van der Waals surface area contributed by atoms with Crippen LogP contribution in [0.25, 0.3) is 0 Å². The van der Waals surface area contributed by atoms with Gasteiger partial charge < -0.3 is 10.1 Å². The number of benzene rings is 2. The van der Waals surface area contributed by atoms with Gasteiger partial charge in [-0.05, 0) is 36.1 Å². The van der Waals surface area contributed by atoms with Crippen LogP contribution in [0.5, 0.6) is 5.75 Å². The molecule has 0 aromatic heterocycles. The summed E-state index contributed by atoms with van der Waals surface area (Å²) in [6, 6.07) is 13.1. The fourth-order valence-electron chi connectivity index (χ4n) is 2.67. The van der Waals surface area contributed by atoms with E-state index in [-0.39, 0.29) is 18.6 Å². The van der Waals surface area contributed by atoms with Crippen molar-refractivity contribution in [2.75, 3.05) is 6.61 Å². The van der Waals surface area contributed by atoms with Gasteiger partial charge in [-0.25, -0.2) is 0 Å². The number of amides is 1. The molecule has 1 aliphatic carbocycles. The molecule has 0 aliphatic heterocycles. The second kappa shape index (κ2) is 6.59. The number of hydrogen-bond donors (Lipinski definition) is 1. The molecule has 0 fully saturated rings. The first-order valence-electron chi connectivity index (χ1n) is 7.08. The highest BCUT2D eigenvalue weighted by Gasteiger charge is 2.23. The second-order valence-electron chi connectivity index (χ2n) is 5.22. The number of hydrogen-bond acceptors (Lipinski definition) is 2. The molecule has 2 aromatic rings. The third-order valence-electron chi connectivity index (χ3n) is 3.72. The Bertz CT molecular complexity index is 703. The first-order chi connectivity index (χ1) is 10.6. The summed E-state index contributed by atoms with van der Waals surface area (Å²) in [6.45, 7) is -0.0846. The van der Waals surface area contributed by atoms with Crippen LogP contribution in [0.1, 0.15) is 23.6 Å². The second-order valence-corrected chi connectivity index (χ2v) is 6.06. The molecule has 1 N–H and O–H groups in total. The van der Waals surface area contributed by atoms with Gasteiger partial charge in [0.2, 0.25) is 0 Å². The maximum atomic E-state index is 12.1. The van der Waals surface area contributed by atoms with E-state index < -0.39 is 0 Å². The van der Waals surface area contributed by atoms with Gasteiger partial charge in [0.1, 0.15) is 5.75 Å². The molecule has 1 aliphatic rings. The summed E-state index contributed by atoms with van der Waals surface area (Å²) in [6.07, 6.45) is 1.91. The Kier molecular flexibility index (Phi) is 4.55. The number of halogens is 2. The van der Waals surface area contributed by atoms with Crippen molar-refractivity contribution >= 4 is 29.1 Å². The molecule has 0 heterocycles. The highest BCUT2D eigenvalue weighted by Crippen LogP contribution is 2.31. The van der Waals surface area contributed by atoms with Gasteiger partial charge in [0.15, 0.2) is 6.61 Å². The lowest BCUT2D eigenvalue weighted by Crippen LogP contribution is -2.31. The minimum absolute atomic E-state index is 0.0575. The van der Waals surface area contributed by atoms with Gasteiger partial charge in [0.25, 0.3) is 5.91 Å². The van der Waals surface area contributed by atoms with Crippen LogP contribution in [-0.4, -0.2) is 12.5 Å². The maximum absolute atomic E-state index is 12.1. The summed E-state index contributed by atoms with van der Waals surface area (Å²) in [4.78, 5) is 12.1. The average Bonchev–Trinajstić information content (AvgIpc) is 2.91. The van der Waals surface area contributed by atoms with Crippen LogP contribution in [0, 0.1) is 0 Å². The zero-order valence-corrected chi connectivity index (χ0v) is 13.3. The van der Waals surface area contributed by atoms with Crippen LogP contribution in [0.15, 0.2) is 42.5 Å². The van der Waals surface area contributed by atoms with Crippen LogP contribution in [0.3, 0.4) is 0 Å². The van der Waals surface area contributed by atoms with E-state index in [0.717, 1.165) is 12.8 Å². The van der Waals surface area contributed by atoms with Gasteiger partial charge >= 0.3 is 0 Å². The first-order valence-corrected chi connectivity index (χ1v) is 7.84. The molecule has 1 atom stereocenters. The largest absolute Gasteiger partial charge is 0.482 e. The Morgan fingerprint density at radius 3 is 2.91 bits per heavy atom. The number of ether oxygens (including phenoxy) is 1. The van der Waals surface area contributed by atoms with E-state index in [1.165, 1.54) is 11.1 Å². The van der Waals surface area contributed by atoms with Crippen LogP contribution >= 0.6 is 23.2 Å². The Balaban J connectivity index is 1.59. The number of carbonyl (C=O) groups is 1. The zero-order chi connectivity index (χ0) is 15.5. The lowest BCUT2D eigenvalue weighted by molar-refractivity contribution is -0.123. The molecule has 5 heteroatoms. The van der Waals surface area contributed by atoms with Crippen molar-refractivity contribution in [2.24, 2.45) is 0 Å². The number of aryl methyl sites for hydroxylation is 1. The summed E-state index contributed by atoms with van der Waals surface area (Å²) in [5.74, 6) is 0.244. The normalized spacial score (nSPS) is 16.2. The van der Waals surface area contributed by atoms with Gasteiger partial charge in [-0.1, -0.05) is 47.5 Å². The average molecular weight is 336 g/mol. The van der Waals surface area contributed by atoms with Crippen molar-refractivity contribution in [1.29, 1.82) is 0 Å². The third-order valence-corrected chi connectivity index (χ3v) is 4.27. The van der Waals surface area contributed by atoms with Crippen molar-refractivity contribution in [3.05, 3.63) is 63.6 Å². The molecule has 2 aromatic carbocycles. The van der Waals surface area contributed by atoms with E-state index in [1.807, 2.05) is 12.1 Å². The molecule has 3 nitrogen and oxygen atoms in total. The SMILES string of the molecule is O=C(COc1cc(Cl)ccc1Cl)N[C@H]1CCc2ccccc21. The molecule has 0 unspecified atom stereocenters. The van der Waals surface area contributed by atoms with Crippen LogP contribution in [-0.2, 0) is 11.2 Å². The molecule has 0 bridgehead atoms. The molecular formula is C17H15Cl2NO2. The smallest absolute Gasteiger partial charge is 0.258 e. The van der Waals surface area contributed by atoms with Crippen molar-refractivity contribution in [2.45, 2.75) is 18.9 Å². The van der Waals surface area contributed by atoms with E-state index in [2.05, 4.69) is 17.4 Å².